The van der Waals surface area contributed by atoms with Gasteiger partial charge >= 0.3 is 0 Å². The molecule has 2 rings (SSSR count). The molecular formula is C12H19NO. The van der Waals surface area contributed by atoms with Crippen molar-refractivity contribution in [3.63, 3.8) is 0 Å². The van der Waals surface area contributed by atoms with Crippen LogP contribution in [0.15, 0.2) is 10.5 Å². The lowest BCUT2D eigenvalue weighted by Crippen LogP contribution is -2.14. The molecule has 0 radical (unpaired) electrons. The molecule has 1 saturated heterocycles. The van der Waals surface area contributed by atoms with Crippen LogP contribution in [0.1, 0.15) is 36.3 Å². The molecule has 2 unspecified atom stereocenters. The van der Waals surface area contributed by atoms with Crippen molar-refractivity contribution in [2.45, 2.75) is 33.1 Å². The van der Waals surface area contributed by atoms with E-state index in [2.05, 4.69) is 25.2 Å². The molecule has 2 heterocycles. The number of aryl methyl sites for hydroxylation is 2. The summed E-state index contributed by atoms with van der Waals surface area (Å²) in [6.07, 6.45) is 1.30. The Morgan fingerprint density at radius 3 is 2.79 bits per heavy atom. The minimum absolute atomic E-state index is 0.627. The van der Waals surface area contributed by atoms with Gasteiger partial charge in [0.25, 0.3) is 0 Å². The Kier molecular flexibility index (Phi) is 2.64. The minimum atomic E-state index is 0.627. The van der Waals surface area contributed by atoms with Crippen LogP contribution >= 0.6 is 0 Å². The van der Waals surface area contributed by atoms with Crippen LogP contribution in [-0.4, -0.2) is 13.1 Å². The molecule has 2 nitrogen and oxygen atoms in total. The fourth-order valence-electron chi connectivity index (χ4n) is 2.46. The van der Waals surface area contributed by atoms with E-state index in [0.717, 1.165) is 24.0 Å². The zero-order chi connectivity index (χ0) is 10.1. The van der Waals surface area contributed by atoms with E-state index >= 15 is 0 Å². The third kappa shape index (κ3) is 1.71. The lowest BCUT2D eigenvalue weighted by molar-refractivity contribution is 0.463. The van der Waals surface area contributed by atoms with Gasteiger partial charge in [-0.3, -0.25) is 0 Å². The molecule has 0 bridgehead atoms. The van der Waals surface area contributed by atoms with Crippen molar-refractivity contribution >= 4 is 0 Å². The van der Waals surface area contributed by atoms with Crippen molar-refractivity contribution in [3.05, 3.63) is 23.2 Å². The zero-order valence-corrected chi connectivity index (χ0v) is 9.26. The zero-order valence-electron chi connectivity index (χ0n) is 9.26. The first kappa shape index (κ1) is 9.78. The smallest absolute Gasteiger partial charge is 0.104 e. The summed E-state index contributed by atoms with van der Waals surface area (Å²) in [5.41, 5.74) is 1.40. The van der Waals surface area contributed by atoms with E-state index in [1.165, 1.54) is 18.5 Å². The fraction of sp³-hybridized carbons (Fsp3) is 0.667. The average molecular weight is 193 g/mol. The van der Waals surface area contributed by atoms with Gasteiger partial charge in [-0.1, -0.05) is 6.92 Å². The Morgan fingerprint density at radius 1 is 1.50 bits per heavy atom. The van der Waals surface area contributed by atoms with Crippen LogP contribution in [0.2, 0.25) is 0 Å². The molecule has 1 N–H and O–H groups in total. The molecule has 1 fully saturated rings. The summed E-state index contributed by atoms with van der Waals surface area (Å²) in [7, 11) is 0. The van der Waals surface area contributed by atoms with Crippen LogP contribution in [-0.2, 0) is 0 Å². The molecule has 2 heteroatoms. The maximum absolute atomic E-state index is 5.57. The highest BCUT2D eigenvalue weighted by Gasteiger charge is 2.24. The second kappa shape index (κ2) is 3.77. The molecule has 2 atom stereocenters. The summed E-state index contributed by atoms with van der Waals surface area (Å²) >= 11 is 0. The highest BCUT2D eigenvalue weighted by atomic mass is 16.3. The highest BCUT2D eigenvalue weighted by Crippen LogP contribution is 2.32. The van der Waals surface area contributed by atoms with Crippen LogP contribution in [0.3, 0.4) is 0 Å². The van der Waals surface area contributed by atoms with Crippen LogP contribution in [0.4, 0.5) is 0 Å². The summed E-state index contributed by atoms with van der Waals surface area (Å²) in [5.74, 6) is 3.55. The van der Waals surface area contributed by atoms with E-state index in [1.54, 1.807) is 0 Å². The predicted molar refractivity (Wildman–Crippen MR) is 57.6 cm³/mol. The van der Waals surface area contributed by atoms with Crippen LogP contribution < -0.4 is 5.32 Å². The van der Waals surface area contributed by atoms with Gasteiger partial charge in [0.2, 0.25) is 0 Å². The molecule has 1 aliphatic heterocycles. The van der Waals surface area contributed by atoms with Gasteiger partial charge in [0.15, 0.2) is 0 Å². The van der Waals surface area contributed by atoms with Crippen LogP contribution in [0.25, 0.3) is 0 Å². The van der Waals surface area contributed by atoms with Gasteiger partial charge in [-0.05, 0) is 56.8 Å². The second-order valence-corrected chi connectivity index (χ2v) is 4.41. The van der Waals surface area contributed by atoms with E-state index in [0.29, 0.717) is 5.92 Å². The van der Waals surface area contributed by atoms with Crippen molar-refractivity contribution < 1.29 is 4.42 Å². The molecule has 1 aromatic rings. The van der Waals surface area contributed by atoms with Crippen molar-refractivity contribution in [1.82, 2.24) is 5.32 Å². The predicted octanol–water partition coefficient (Wildman–Crippen LogP) is 2.61. The third-order valence-electron chi connectivity index (χ3n) is 3.38. The first-order chi connectivity index (χ1) is 6.68. The van der Waals surface area contributed by atoms with Crippen molar-refractivity contribution in [3.8, 4) is 0 Å². The molecule has 1 aromatic heterocycles. The van der Waals surface area contributed by atoms with Gasteiger partial charge in [-0.2, -0.15) is 0 Å². The standard InChI is InChI=1S/C12H19NO/c1-8-6-12(10(3)14-8)9(2)11-4-5-13-7-11/h6,9,11,13H,4-5,7H2,1-3H3. The second-order valence-electron chi connectivity index (χ2n) is 4.41. The van der Waals surface area contributed by atoms with Crippen molar-refractivity contribution in [1.29, 1.82) is 0 Å². The summed E-state index contributed by atoms with van der Waals surface area (Å²) in [6, 6.07) is 2.19. The first-order valence-corrected chi connectivity index (χ1v) is 5.46. The van der Waals surface area contributed by atoms with Gasteiger partial charge < -0.3 is 9.73 Å². The Morgan fingerprint density at radius 2 is 2.29 bits per heavy atom. The fourth-order valence-corrected chi connectivity index (χ4v) is 2.46. The number of rotatable bonds is 2. The van der Waals surface area contributed by atoms with Gasteiger partial charge in [-0.25, -0.2) is 0 Å². The maximum Gasteiger partial charge on any atom is 0.104 e. The number of hydrogen-bond acceptors (Lipinski definition) is 2. The number of nitrogens with one attached hydrogen (secondary N) is 1. The molecule has 78 valence electrons. The van der Waals surface area contributed by atoms with Gasteiger partial charge in [-0.15, -0.1) is 0 Å². The lowest BCUT2D eigenvalue weighted by Gasteiger charge is -2.17. The molecule has 0 saturated carbocycles. The summed E-state index contributed by atoms with van der Waals surface area (Å²) < 4.78 is 5.57. The Balaban J connectivity index is 2.17. The average Bonchev–Trinajstić information content (AvgIpc) is 2.73. The topological polar surface area (TPSA) is 25.2 Å². The Labute approximate surface area is 85.7 Å². The molecule has 0 spiro atoms. The normalized spacial score (nSPS) is 24.1. The van der Waals surface area contributed by atoms with Gasteiger partial charge in [0, 0.05) is 0 Å². The van der Waals surface area contributed by atoms with Gasteiger partial charge in [0.1, 0.15) is 11.5 Å². The monoisotopic (exact) mass is 193 g/mol. The molecule has 1 aliphatic rings. The summed E-state index contributed by atoms with van der Waals surface area (Å²) in [4.78, 5) is 0. The summed E-state index contributed by atoms with van der Waals surface area (Å²) in [6.45, 7) is 8.74. The minimum Gasteiger partial charge on any atom is -0.466 e. The number of furan rings is 1. The van der Waals surface area contributed by atoms with E-state index in [-0.39, 0.29) is 0 Å². The van der Waals surface area contributed by atoms with Crippen molar-refractivity contribution in [2.24, 2.45) is 5.92 Å². The molecule has 14 heavy (non-hydrogen) atoms. The van der Waals surface area contributed by atoms with E-state index in [4.69, 9.17) is 4.42 Å². The third-order valence-corrected chi connectivity index (χ3v) is 3.38. The number of hydrogen-bond donors (Lipinski definition) is 1. The highest BCUT2D eigenvalue weighted by molar-refractivity contribution is 5.25. The van der Waals surface area contributed by atoms with E-state index in [9.17, 15) is 0 Å². The first-order valence-electron chi connectivity index (χ1n) is 5.46. The quantitative estimate of drug-likeness (QED) is 0.781. The molecule has 0 amide bonds. The van der Waals surface area contributed by atoms with Crippen molar-refractivity contribution in [2.75, 3.05) is 13.1 Å². The SMILES string of the molecule is Cc1cc(C(C)C2CCNC2)c(C)o1. The van der Waals surface area contributed by atoms with Crippen LogP contribution in [0.5, 0.6) is 0 Å². The van der Waals surface area contributed by atoms with Gasteiger partial charge in [0.05, 0.1) is 0 Å². The molecular weight excluding hydrogens is 174 g/mol. The van der Waals surface area contributed by atoms with E-state index < -0.39 is 0 Å². The maximum atomic E-state index is 5.57. The lowest BCUT2D eigenvalue weighted by atomic mass is 9.87. The van der Waals surface area contributed by atoms with E-state index in [1.807, 2.05) is 6.92 Å². The van der Waals surface area contributed by atoms with Crippen LogP contribution in [0, 0.1) is 19.8 Å². The summed E-state index contributed by atoms with van der Waals surface area (Å²) in [5, 5.41) is 3.42. The largest absolute Gasteiger partial charge is 0.466 e. The molecule has 0 aromatic carbocycles. The molecule has 0 aliphatic carbocycles. The Bertz CT molecular complexity index is 310. The Hall–Kier alpha value is -0.760.